The van der Waals surface area contributed by atoms with Gasteiger partial charge in [-0.05, 0) is 48.5 Å². The largest absolute Gasteiger partial charge is 0.483 e. The van der Waals surface area contributed by atoms with Crippen molar-refractivity contribution in [2.24, 2.45) is 23.2 Å². The van der Waals surface area contributed by atoms with Crippen LogP contribution in [0.5, 0.6) is 0 Å². The average Bonchev–Trinajstić information content (AvgIpc) is 2.82. The van der Waals surface area contributed by atoms with Crippen molar-refractivity contribution < 1.29 is 14.6 Å². The van der Waals surface area contributed by atoms with Gasteiger partial charge in [0.25, 0.3) is 12.0 Å². The zero-order valence-electron chi connectivity index (χ0n) is 20.6. The first-order chi connectivity index (χ1) is 16.4. The third-order valence-electron chi connectivity index (χ3n) is 9.25. The molecule has 7 nitrogen and oxygen atoms in total. The summed E-state index contributed by atoms with van der Waals surface area (Å²) in [7, 11) is 0. The lowest BCUT2D eigenvalue weighted by Crippen LogP contribution is -2.52. The number of morpholine rings is 1. The van der Waals surface area contributed by atoms with Crippen LogP contribution in [0.15, 0.2) is 28.6 Å². The van der Waals surface area contributed by atoms with Crippen molar-refractivity contribution in [2.45, 2.75) is 52.1 Å². The van der Waals surface area contributed by atoms with E-state index >= 15 is 0 Å². The molecule has 186 valence electrons. The Morgan fingerprint density at radius 2 is 1.85 bits per heavy atom. The third-order valence-corrected chi connectivity index (χ3v) is 9.25. The van der Waals surface area contributed by atoms with E-state index in [1.165, 1.54) is 25.0 Å². The number of fused-ring (bicyclic) bond motifs is 5. The molecule has 34 heavy (non-hydrogen) atoms. The molecule has 0 unspecified atom stereocenters. The molecule has 6 aliphatic rings. The van der Waals surface area contributed by atoms with Gasteiger partial charge in [-0.25, -0.2) is 0 Å². The van der Waals surface area contributed by atoms with Crippen molar-refractivity contribution >= 4 is 6.47 Å². The molecule has 3 aliphatic heterocycles. The number of hydrogen-bond acceptors (Lipinski definition) is 5. The van der Waals surface area contributed by atoms with Crippen LogP contribution in [0.4, 0.5) is 0 Å². The molecule has 1 saturated carbocycles. The smallest absolute Gasteiger partial charge is 0.290 e. The summed E-state index contributed by atoms with van der Waals surface area (Å²) in [4.78, 5) is 26.7. The van der Waals surface area contributed by atoms with E-state index in [-0.39, 0.29) is 12.0 Å². The number of rotatable bonds is 4. The highest BCUT2D eigenvalue weighted by molar-refractivity contribution is 5.32. The van der Waals surface area contributed by atoms with E-state index in [0.717, 1.165) is 76.4 Å². The number of piperidine rings is 1. The van der Waals surface area contributed by atoms with Crippen LogP contribution in [-0.2, 0) is 22.6 Å². The van der Waals surface area contributed by atoms with Crippen LogP contribution in [-0.4, -0.2) is 71.9 Å². The van der Waals surface area contributed by atoms with Crippen molar-refractivity contribution in [3.63, 3.8) is 0 Å². The van der Waals surface area contributed by atoms with E-state index < -0.39 is 0 Å². The van der Waals surface area contributed by atoms with Crippen molar-refractivity contribution in [3.8, 4) is 0 Å². The Labute approximate surface area is 202 Å². The summed E-state index contributed by atoms with van der Waals surface area (Å²) in [5.41, 5.74) is 4.69. The lowest BCUT2D eigenvalue weighted by Gasteiger charge is -2.57. The first-order valence-corrected chi connectivity index (χ1v) is 12.9. The van der Waals surface area contributed by atoms with E-state index in [1.54, 1.807) is 5.57 Å². The Balaban J connectivity index is 0.000000764. The fourth-order valence-electron chi connectivity index (χ4n) is 7.25. The maximum Gasteiger partial charge on any atom is 0.290 e. The number of hydrogen-bond donors (Lipinski definition) is 1. The molecule has 4 bridgehead atoms. The van der Waals surface area contributed by atoms with Gasteiger partial charge < -0.3 is 14.4 Å². The van der Waals surface area contributed by atoms with Gasteiger partial charge in [0, 0.05) is 63.0 Å². The second-order valence-corrected chi connectivity index (χ2v) is 11.5. The predicted molar refractivity (Wildman–Crippen MR) is 131 cm³/mol. The Hall–Kier alpha value is -1.96. The quantitative estimate of drug-likeness (QED) is 0.540. The van der Waals surface area contributed by atoms with Crippen molar-refractivity contribution in [3.05, 3.63) is 45.4 Å². The van der Waals surface area contributed by atoms with Crippen LogP contribution in [0, 0.1) is 23.2 Å². The van der Waals surface area contributed by atoms with Crippen LogP contribution >= 0.6 is 0 Å². The van der Waals surface area contributed by atoms with Crippen LogP contribution in [0.3, 0.4) is 0 Å². The summed E-state index contributed by atoms with van der Waals surface area (Å²) in [6, 6.07) is 4.38. The molecule has 1 N–H and O–H groups in total. The van der Waals surface area contributed by atoms with E-state index in [1.807, 2.05) is 0 Å². The van der Waals surface area contributed by atoms with Crippen LogP contribution in [0.1, 0.15) is 50.3 Å². The first kappa shape index (κ1) is 23.8. The summed E-state index contributed by atoms with van der Waals surface area (Å²) in [5, 5.41) is 6.89. The topological polar surface area (TPSA) is 75.0 Å². The van der Waals surface area contributed by atoms with Crippen molar-refractivity contribution in [2.75, 3.05) is 45.9 Å². The molecule has 1 aromatic heterocycles. The monoisotopic (exact) mass is 469 g/mol. The minimum absolute atomic E-state index is 0.250. The number of likely N-dealkylation sites (tertiary alicyclic amines) is 1. The fraction of sp³-hybridized carbons (Fsp3) is 0.704. The summed E-state index contributed by atoms with van der Waals surface area (Å²) >= 11 is 0. The molecule has 3 aliphatic carbocycles. The number of pyridine rings is 1. The Bertz CT molecular complexity index is 994. The average molecular weight is 470 g/mol. The Morgan fingerprint density at radius 3 is 2.56 bits per heavy atom. The molecule has 0 aromatic carbocycles. The number of carbonyl (C=O) groups is 1. The number of nitrogens with zero attached hydrogens (tertiary/aromatic N) is 3. The molecule has 2 saturated heterocycles. The molecule has 3 fully saturated rings. The number of carboxylic acid groups (broad SMARTS) is 1. The lowest BCUT2D eigenvalue weighted by molar-refractivity contribution is -0.122. The van der Waals surface area contributed by atoms with E-state index in [2.05, 4.69) is 46.4 Å². The second-order valence-electron chi connectivity index (χ2n) is 11.5. The van der Waals surface area contributed by atoms with E-state index in [0.29, 0.717) is 17.3 Å². The van der Waals surface area contributed by atoms with Crippen molar-refractivity contribution in [1.29, 1.82) is 0 Å². The number of allylic oxidation sites excluding steroid dienone is 1. The van der Waals surface area contributed by atoms with E-state index in [4.69, 9.17) is 14.6 Å². The highest BCUT2D eigenvalue weighted by atomic mass is 16.5. The van der Waals surface area contributed by atoms with Gasteiger partial charge in [0.15, 0.2) is 0 Å². The maximum absolute atomic E-state index is 13.3. The highest BCUT2D eigenvalue weighted by Crippen LogP contribution is 2.59. The first-order valence-electron chi connectivity index (χ1n) is 12.9. The van der Waals surface area contributed by atoms with Gasteiger partial charge in [-0.2, -0.15) is 0 Å². The maximum atomic E-state index is 13.3. The van der Waals surface area contributed by atoms with Gasteiger partial charge in [0.05, 0.1) is 13.2 Å². The van der Waals surface area contributed by atoms with Gasteiger partial charge in [0.2, 0.25) is 0 Å². The molecular weight excluding hydrogens is 430 g/mol. The predicted octanol–water partition coefficient (Wildman–Crippen LogP) is 2.79. The standard InChI is InChI=1S/C26H37N3O2.CH2O2/c1-26(2)22-5-3-19(23(26)12-22)15-28-13-18-11-21(17-28)24-6-4-20(25(30)29(24)14-18)16-27-7-9-31-10-8-27;2-1-3/h3-4,6,18,21-23H,5,7-17H2,1-2H3;1H,(H,2,3)/t18-,21+,22-,23-;/m0./s1. The van der Waals surface area contributed by atoms with Gasteiger partial charge in [-0.1, -0.05) is 31.6 Å². The molecule has 0 radical (unpaired) electrons. The van der Waals surface area contributed by atoms with Crippen molar-refractivity contribution in [1.82, 2.24) is 14.4 Å². The zero-order chi connectivity index (χ0) is 23.9. The summed E-state index contributed by atoms with van der Waals surface area (Å²) < 4.78 is 7.59. The fourth-order valence-corrected chi connectivity index (χ4v) is 7.25. The molecule has 7 heteroatoms. The normalized spacial score (nSPS) is 31.9. The van der Waals surface area contributed by atoms with Gasteiger partial charge in [-0.3, -0.25) is 19.4 Å². The molecule has 4 heterocycles. The lowest BCUT2D eigenvalue weighted by atomic mass is 9.49. The molecule has 1 aromatic rings. The van der Waals surface area contributed by atoms with Gasteiger partial charge in [0.1, 0.15) is 0 Å². The Morgan fingerprint density at radius 1 is 1.09 bits per heavy atom. The summed E-state index contributed by atoms with van der Waals surface area (Å²) in [5.74, 6) is 2.82. The summed E-state index contributed by atoms with van der Waals surface area (Å²) in [6.45, 7) is 13.2. The van der Waals surface area contributed by atoms with E-state index in [9.17, 15) is 4.79 Å². The molecule has 4 atom stereocenters. The zero-order valence-corrected chi connectivity index (χ0v) is 20.6. The molecule has 0 amide bonds. The molecular formula is C27H39N3O4. The van der Waals surface area contributed by atoms with Crippen LogP contribution in [0.2, 0.25) is 0 Å². The number of ether oxygens (including phenoxy) is 1. The minimum atomic E-state index is -0.250. The highest BCUT2D eigenvalue weighted by Gasteiger charge is 2.51. The Kier molecular flexibility index (Phi) is 6.70. The second kappa shape index (κ2) is 9.59. The summed E-state index contributed by atoms with van der Waals surface area (Å²) in [6.07, 6.45) is 6.49. The molecule has 7 rings (SSSR count). The van der Waals surface area contributed by atoms with Gasteiger partial charge in [-0.15, -0.1) is 0 Å². The minimum Gasteiger partial charge on any atom is -0.483 e. The van der Waals surface area contributed by atoms with Crippen LogP contribution < -0.4 is 5.56 Å². The van der Waals surface area contributed by atoms with Gasteiger partial charge >= 0.3 is 0 Å². The number of aromatic nitrogens is 1. The third kappa shape index (κ3) is 4.38. The molecule has 0 spiro atoms. The SMILES string of the molecule is CC1(C)[C@H]2CC=C(CN3C[C@@H]4C[C@H](C3)c3ccc(CN5CCOCC5)c(=O)n3C4)[C@@H]1C2.O=CO. The van der Waals surface area contributed by atoms with Crippen LogP contribution in [0.25, 0.3) is 0 Å².